The minimum atomic E-state index is -0.848. The van der Waals surface area contributed by atoms with Crippen molar-refractivity contribution < 1.29 is 19.1 Å². The van der Waals surface area contributed by atoms with Gasteiger partial charge in [0.15, 0.2) is 0 Å². The third-order valence-electron chi connectivity index (χ3n) is 2.66. The number of rotatable bonds is 3. The number of ketones is 1. The van der Waals surface area contributed by atoms with Gasteiger partial charge in [0.05, 0.1) is 18.3 Å². The molecule has 0 amide bonds. The van der Waals surface area contributed by atoms with Crippen LogP contribution < -0.4 is 0 Å². The van der Waals surface area contributed by atoms with Gasteiger partial charge in [-0.05, 0) is 13.3 Å². The quantitative estimate of drug-likeness (QED) is 0.537. The first-order valence-corrected chi connectivity index (χ1v) is 5.27. The second kappa shape index (κ2) is 3.94. The Morgan fingerprint density at radius 3 is 3.00 bits per heavy atom. The van der Waals surface area contributed by atoms with Gasteiger partial charge in [-0.1, -0.05) is 11.6 Å². The summed E-state index contributed by atoms with van der Waals surface area (Å²) >= 11 is 5.93. The molecule has 0 radical (unpaired) electrons. The summed E-state index contributed by atoms with van der Waals surface area (Å²) < 4.78 is 9.93. The van der Waals surface area contributed by atoms with Gasteiger partial charge < -0.3 is 9.47 Å². The fourth-order valence-electron chi connectivity index (χ4n) is 1.92. The van der Waals surface area contributed by atoms with Crippen molar-refractivity contribution in [1.82, 2.24) is 0 Å². The average Bonchev–Trinajstić information content (AvgIpc) is 2.62. The smallest absolute Gasteiger partial charge is 0.379 e. The van der Waals surface area contributed by atoms with E-state index in [1.165, 1.54) is 0 Å². The molecule has 1 aliphatic heterocycles. The number of ether oxygens (including phenoxy) is 2. The summed E-state index contributed by atoms with van der Waals surface area (Å²) in [6.07, 6.45) is 0.540. The van der Waals surface area contributed by atoms with Crippen molar-refractivity contribution in [3.8, 4) is 0 Å². The van der Waals surface area contributed by atoms with Crippen LogP contribution in [-0.2, 0) is 19.1 Å². The Morgan fingerprint density at radius 1 is 1.60 bits per heavy atom. The van der Waals surface area contributed by atoms with E-state index < -0.39 is 11.8 Å². The van der Waals surface area contributed by atoms with Crippen LogP contribution in [0.25, 0.3) is 0 Å². The lowest BCUT2D eigenvalue weighted by Crippen LogP contribution is -2.38. The van der Waals surface area contributed by atoms with Gasteiger partial charge in [0.2, 0.25) is 0 Å². The summed E-state index contributed by atoms with van der Waals surface area (Å²) in [7, 11) is 0. The molecule has 82 valence electrons. The van der Waals surface area contributed by atoms with Crippen LogP contribution in [0.3, 0.4) is 0 Å². The highest BCUT2D eigenvalue weighted by atomic mass is 35.5. The zero-order chi connectivity index (χ0) is 11.0. The number of carbonyl (C=O) groups excluding carboxylic acids is 2. The Hall–Kier alpha value is -0.870. The molecule has 5 heteroatoms. The highest BCUT2D eigenvalue weighted by Gasteiger charge is 2.48. The van der Waals surface area contributed by atoms with E-state index in [2.05, 4.69) is 4.74 Å². The fraction of sp³-hybridized carbons (Fsp3) is 0.600. The molecule has 1 fully saturated rings. The van der Waals surface area contributed by atoms with E-state index in [0.29, 0.717) is 11.6 Å². The molecule has 2 rings (SSSR count). The third-order valence-corrected chi connectivity index (χ3v) is 3.15. The molecule has 2 atom stereocenters. The predicted molar refractivity (Wildman–Crippen MR) is 52.4 cm³/mol. The summed E-state index contributed by atoms with van der Waals surface area (Å²) in [5, 5.41) is 0.468. The van der Waals surface area contributed by atoms with Crippen molar-refractivity contribution in [2.75, 3.05) is 13.2 Å². The van der Waals surface area contributed by atoms with Crippen LogP contribution in [0.5, 0.6) is 0 Å². The van der Waals surface area contributed by atoms with Gasteiger partial charge in [-0.15, -0.1) is 0 Å². The molecule has 1 heterocycles. The molecule has 0 aromatic carbocycles. The number of carbonyl (C=O) groups is 2. The number of halogens is 1. The van der Waals surface area contributed by atoms with Crippen LogP contribution in [0.4, 0.5) is 0 Å². The van der Waals surface area contributed by atoms with Gasteiger partial charge in [-0.25, -0.2) is 4.79 Å². The first-order chi connectivity index (χ1) is 7.16. The van der Waals surface area contributed by atoms with Crippen molar-refractivity contribution in [3.63, 3.8) is 0 Å². The van der Waals surface area contributed by atoms with E-state index in [-0.39, 0.29) is 24.2 Å². The molecule has 2 aliphatic rings. The monoisotopic (exact) mass is 230 g/mol. The van der Waals surface area contributed by atoms with Crippen molar-refractivity contribution in [1.29, 1.82) is 0 Å². The molecule has 4 nitrogen and oxygen atoms in total. The van der Waals surface area contributed by atoms with E-state index in [1.54, 1.807) is 6.92 Å². The summed E-state index contributed by atoms with van der Waals surface area (Å²) in [5.41, 5.74) is 0.289. The highest BCUT2D eigenvalue weighted by molar-refractivity contribution is 6.45. The first kappa shape index (κ1) is 10.6. The van der Waals surface area contributed by atoms with Gasteiger partial charge >= 0.3 is 5.97 Å². The standard InChI is InChI=1S/C10H11ClO4/c1-2-14-10(13)8(12)6-7(11)5-3-4-15-9(5)6/h5,9H,2-4H2,1H3. The van der Waals surface area contributed by atoms with E-state index in [1.807, 2.05) is 0 Å². The third kappa shape index (κ3) is 1.58. The maximum absolute atomic E-state index is 11.6. The predicted octanol–water partition coefficient (Wildman–Crippen LogP) is 1.03. The minimum absolute atomic E-state index is 0.111. The van der Waals surface area contributed by atoms with Crippen molar-refractivity contribution in [2.24, 2.45) is 5.92 Å². The van der Waals surface area contributed by atoms with E-state index in [4.69, 9.17) is 16.3 Å². The molecule has 0 bridgehead atoms. The van der Waals surface area contributed by atoms with Gasteiger partial charge in [0, 0.05) is 17.6 Å². The Bertz CT molecular complexity index is 347. The minimum Gasteiger partial charge on any atom is -0.460 e. The molecule has 15 heavy (non-hydrogen) atoms. The number of hydrogen-bond acceptors (Lipinski definition) is 4. The average molecular weight is 231 g/mol. The number of hydrogen-bond donors (Lipinski definition) is 0. The van der Waals surface area contributed by atoms with E-state index in [0.717, 1.165) is 6.42 Å². The molecule has 0 aromatic heterocycles. The molecule has 0 saturated carbocycles. The number of fused-ring (bicyclic) bond motifs is 1. The Balaban J connectivity index is 2.12. The van der Waals surface area contributed by atoms with Crippen LogP contribution in [0.1, 0.15) is 13.3 Å². The van der Waals surface area contributed by atoms with Crippen molar-refractivity contribution in [3.05, 3.63) is 10.6 Å². The van der Waals surface area contributed by atoms with E-state index in [9.17, 15) is 9.59 Å². The van der Waals surface area contributed by atoms with Crippen LogP contribution in [0.15, 0.2) is 10.6 Å². The first-order valence-electron chi connectivity index (χ1n) is 4.89. The van der Waals surface area contributed by atoms with Gasteiger partial charge in [-0.2, -0.15) is 0 Å². The maximum Gasteiger partial charge on any atom is 0.379 e. The zero-order valence-corrected chi connectivity index (χ0v) is 9.04. The lowest BCUT2D eigenvalue weighted by atomic mass is 9.80. The molecule has 1 aliphatic carbocycles. The Kier molecular flexibility index (Phi) is 2.80. The van der Waals surface area contributed by atoms with Crippen LogP contribution in [0, 0.1) is 5.92 Å². The molecule has 2 unspecified atom stereocenters. The second-order valence-electron chi connectivity index (χ2n) is 3.50. The summed E-state index contributed by atoms with van der Waals surface area (Å²) in [4.78, 5) is 22.8. The number of Topliss-reactive ketones (excluding diaryl/α,β-unsaturated/α-hetero) is 1. The van der Waals surface area contributed by atoms with E-state index >= 15 is 0 Å². The molecule has 1 saturated heterocycles. The van der Waals surface area contributed by atoms with Gasteiger partial charge in [0.25, 0.3) is 5.78 Å². The normalized spacial score (nSPS) is 28.4. The van der Waals surface area contributed by atoms with Gasteiger partial charge in [-0.3, -0.25) is 4.79 Å². The summed E-state index contributed by atoms with van der Waals surface area (Å²) in [6.45, 7) is 2.42. The lowest BCUT2D eigenvalue weighted by molar-refractivity contribution is -0.152. The lowest BCUT2D eigenvalue weighted by Gasteiger charge is -2.30. The summed E-state index contributed by atoms with van der Waals surface area (Å²) in [6, 6.07) is 0. The summed E-state index contributed by atoms with van der Waals surface area (Å²) in [5.74, 6) is -1.40. The van der Waals surface area contributed by atoms with Crippen LogP contribution in [-0.4, -0.2) is 31.1 Å². The highest BCUT2D eigenvalue weighted by Crippen LogP contribution is 2.46. The fourth-order valence-corrected chi connectivity index (χ4v) is 2.33. The van der Waals surface area contributed by atoms with Crippen LogP contribution >= 0.6 is 11.6 Å². The van der Waals surface area contributed by atoms with Crippen LogP contribution in [0.2, 0.25) is 0 Å². The molecule has 0 aromatic rings. The molecular formula is C10H11ClO4. The molecular weight excluding hydrogens is 220 g/mol. The SMILES string of the molecule is CCOC(=O)C(=O)C1=C(Cl)C2CCOC12. The zero-order valence-electron chi connectivity index (χ0n) is 8.29. The Morgan fingerprint density at radius 2 is 2.33 bits per heavy atom. The van der Waals surface area contributed by atoms with Gasteiger partial charge in [0.1, 0.15) is 0 Å². The number of esters is 1. The van der Waals surface area contributed by atoms with Crippen molar-refractivity contribution >= 4 is 23.4 Å². The molecule has 0 spiro atoms. The molecule has 0 N–H and O–H groups in total. The second-order valence-corrected chi connectivity index (χ2v) is 3.90. The largest absolute Gasteiger partial charge is 0.460 e. The maximum atomic E-state index is 11.6. The Labute approximate surface area is 92.2 Å². The topological polar surface area (TPSA) is 52.6 Å². The van der Waals surface area contributed by atoms with Crippen molar-refractivity contribution in [2.45, 2.75) is 19.4 Å².